The highest BCUT2D eigenvalue weighted by molar-refractivity contribution is 5.30. The maximum absolute atomic E-state index is 12.1. The fourth-order valence-electron chi connectivity index (χ4n) is 1.42. The molecule has 1 aliphatic rings. The zero-order valence-corrected chi connectivity index (χ0v) is 10.3. The molecule has 1 atom stereocenters. The summed E-state index contributed by atoms with van der Waals surface area (Å²) in [5, 5.41) is 22.2. The molecule has 3 nitrogen and oxygen atoms in total. The van der Waals surface area contributed by atoms with Crippen LogP contribution in [0.15, 0.2) is 24.2 Å². The molecule has 0 radical (unpaired) electrons. The molecule has 112 valence electrons. The summed E-state index contributed by atoms with van der Waals surface area (Å²) in [5.74, 6) is -9.85. The fourth-order valence-corrected chi connectivity index (χ4v) is 1.42. The van der Waals surface area contributed by atoms with E-state index in [2.05, 4.69) is 0 Å². The second-order valence-electron chi connectivity index (χ2n) is 3.88. The zero-order valence-electron chi connectivity index (χ0n) is 32.3. The van der Waals surface area contributed by atoms with Crippen LogP contribution in [-0.2, 0) is 0 Å². The van der Waals surface area contributed by atoms with Crippen molar-refractivity contribution in [3.05, 3.63) is 29.7 Å². The molecule has 0 spiro atoms. The maximum Gasteiger partial charge on any atom is 0.115 e. The van der Waals surface area contributed by atoms with E-state index < -0.39 is 104 Å². The lowest BCUT2D eigenvalue weighted by Gasteiger charge is -2.42. The van der Waals surface area contributed by atoms with E-state index in [1.54, 1.807) is 0 Å². The van der Waals surface area contributed by atoms with E-state index in [9.17, 15) is 11.6 Å². The standard InChI is InChI=1S/C17H27NO2/c1-13-8-10-17(20,11-9-13)16(12-18(2)3)14-4-6-15(19)7-5-14/h4-7,13,16,19-20H,8-12H2,1-3H3/i2D3,3D3,4D,5D,6D,7D,8D2,9D2,10D2,11D2,12D2,13D,16D. The molecule has 0 bridgehead atoms. The van der Waals surface area contributed by atoms with Crippen molar-refractivity contribution >= 4 is 0 Å². The van der Waals surface area contributed by atoms with Crippen molar-refractivity contribution in [3.8, 4) is 5.75 Å². The Morgan fingerprint density at radius 1 is 1.55 bits per heavy atom. The number of likely N-dealkylation sites (N-methyl/N-ethyl adjacent to an activating group) is 1. The van der Waals surface area contributed by atoms with Crippen molar-refractivity contribution in [2.75, 3.05) is 20.4 Å². The third kappa shape index (κ3) is 3.53. The number of hydrogen-bond donors (Lipinski definition) is 2. The van der Waals surface area contributed by atoms with E-state index in [4.69, 9.17) is 28.8 Å². The van der Waals surface area contributed by atoms with Gasteiger partial charge in [0.05, 0.1) is 11.1 Å². The summed E-state index contributed by atoms with van der Waals surface area (Å²) in [5.41, 5.74) is -6.98. The highest BCUT2D eigenvalue weighted by Crippen LogP contribution is 2.42. The van der Waals surface area contributed by atoms with Gasteiger partial charge in [-0.05, 0) is 63.0 Å². The molecule has 1 fully saturated rings. The van der Waals surface area contributed by atoms with E-state index in [-0.39, 0.29) is 0 Å². The van der Waals surface area contributed by atoms with Crippen molar-refractivity contribution in [2.24, 2.45) is 5.89 Å². The van der Waals surface area contributed by atoms with Gasteiger partial charge < -0.3 is 15.1 Å². The van der Waals surface area contributed by atoms with Gasteiger partial charge in [0.1, 0.15) is 5.75 Å². The molecule has 0 heterocycles. The first-order valence-electron chi connectivity index (χ1n) is 16.4. The number of rotatable bonds is 4. The van der Waals surface area contributed by atoms with E-state index in [0.29, 0.717) is 6.92 Å². The molecule has 20 heavy (non-hydrogen) atoms. The molecule has 2 N–H and O–H groups in total. The summed E-state index contributed by atoms with van der Waals surface area (Å²) < 4.78 is 181. The molecular formula is C17H27NO2. The van der Waals surface area contributed by atoms with Crippen molar-refractivity contribution in [3.63, 3.8) is 0 Å². The van der Waals surface area contributed by atoms with Gasteiger partial charge in [0.2, 0.25) is 0 Å². The average Bonchev–Trinajstić information content (AvgIpc) is 2.76. The largest absolute Gasteiger partial charge is 0.508 e. The molecule has 1 unspecified atom stereocenters. The van der Waals surface area contributed by atoms with Gasteiger partial charge in [-0.15, -0.1) is 0 Å². The van der Waals surface area contributed by atoms with E-state index >= 15 is 0 Å². The first-order chi connectivity index (χ1) is 18.0. The molecule has 3 heteroatoms. The summed E-state index contributed by atoms with van der Waals surface area (Å²) in [6, 6.07) is -6.51. The summed E-state index contributed by atoms with van der Waals surface area (Å²) in [6.07, 6.45) is -17.5. The highest BCUT2D eigenvalue weighted by atomic mass is 16.3. The number of benzene rings is 1. The first kappa shape index (κ1) is 3.47. The van der Waals surface area contributed by atoms with Crippen LogP contribution in [0, 0.1) is 5.89 Å². The third-order valence-corrected chi connectivity index (χ3v) is 2.31. The lowest BCUT2D eigenvalue weighted by Crippen LogP contribution is -2.43. The maximum atomic E-state index is 12.1. The fraction of sp³-hybridized carbons (Fsp3) is 0.647. The molecule has 0 amide bonds. The summed E-state index contributed by atoms with van der Waals surface area (Å²) in [4.78, 5) is -1.11. The van der Waals surface area contributed by atoms with E-state index in [1.807, 2.05) is 0 Å². The lowest BCUT2D eigenvalue weighted by atomic mass is 9.70. The van der Waals surface area contributed by atoms with Crippen LogP contribution < -0.4 is 0 Å². The summed E-state index contributed by atoms with van der Waals surface area (Å²) in [6.45, 7) is -12.8. The number of aromatic hydroxyl groups is 1. The van der Waals surface area contributed by atoms with Crippen molar-refractivity contribution in [1.29, 1.82) is 0 Å². The molecule has 2 rings (SSSR count). The molecule has 0 aromatic heterocycles. The molecule has 1 saturated carbocycles. The minimum absolute atomic E-state index is 0.385. The smallest absolute Gasteiger partial charge is 0.115 e. The van der Waals surface area contributed by atoms with Crippen LogP contribution in [0.4, 0.5) is 0 Å². The van der Waals surface area contributed by atoms with Gasteiger partial charge >= 0.3 is 0 Å². The normalized spacial score (nSPS) is 62.0. The number of phenols is 1. The van der Waals surface area contributed by atoms with Gasteiger partial charge in [-0.1, -0.05) is 19.0 Å². The Bertz CT molecular complexity index is 1190. The molecule has 1 aromatic rings. The third-order valence-electron chi connectivity index (χ3n) is 2.31. The first-order valence-corrected chi connectivity index (χ1v) is 5.37. The van der Waals surface area contributed by atoms with Gasteiger partial charge in [0.25, 0.3) is 0 Å². The monoisotopic (exact) mass is 299 g/mol. The van der Waals surface area contributed by atoms with Crippen LogP contribution >= 0.6 is 0 Å². The van der Waals surface area contributed by atoms with Crippen LogP contribution in [0.1, 0.15) is 74.0 Å². The average molecular weight is 300 g/mol. The van der Waals surface area contributed by atoms with Gasteiger partial charge in [-0.3, -0.25) is 0 Å². The van der Waals surface area contributed by atoms with Crippen molar-refractivity contribution < 1.29 is 40.4 Å². The number of phenolic OH excluding ortho intramolecular Hbond substituents is 1. The van der Waals surface area contributed by atoms with Crippen LogP contribution in [0.25, 0.3) is 0 Å². The predicted octanol–water partition coefficient (Wildman–Crippen LogP) is 2.98. The Labute approximate surface area is 153 Å². The van der Waals surface area contributed by atoms with Crippen LogP contribution in [0.5, 0.6) is 5.75 Å². The Kier molecular flexibility index (Phi) is 1.07. The number of hydrogen-bond acceptors (Lipinski definition) is 3. The quantitative estimate of drug-likeness (QED) is 0.898. The molecule has 1 aliphatic carbocycles. The molecule has 0 saturated heterocycles. The Balaban J connectivity index is 3.53. The van der Waals surface area contributed by atoms with Gasteiger partial charge in [0.15, 0.2) is 0 Å². The van der Waals surface area contributed by atoms with E-state index in [0.717, 1.165) is 0 Å². The molecular weight excluding hydrogens is 250 g/mol. The van der Waals surface area contributed by atoms with Crippen molar-refractivity contribution in [2.45, 2.75) is 43.9 Å². The Hall–Kier alpha value is -1.06. The van der Waals surface area contributed by atoms with Crippen LogP contribution in [-0.4, -0.2) is 41.2 Å². The number of nitrogens with zero attached hydrogens (tertiary/aromatic N) is 1. The second kappa shape index (κ2) is 6.15. The highest BCUT2D eigenvalue weighted by Gasteiger charge is 2.40. The Morgan fingerprint density at radius 2 is 2.15 bits per heavy atom. The predicted molar refractivity (Wildman–Crippen MR) is 82.0 cm³/mol. The van der Waals surface area contributed by atoms with Crippen LogP contribution in [0.3, 0.4) is 0 Å². The minimum atomic E-state index is -5.03. The Morgan fingerprint density at radius 3 is 2.70 bits per heavy atom. The summed E-state index contributed by atoms with van der Waals surface area (Å²) in [7, 11) is 0. The van der Waals surface area contributed by atoms with E-state index in [1.165, 1.54) is 0 Å². The van der Waals surface area contributed by atoms with Gasteiger partial charge in [-0.2, -0.15) is 0 Å². The molecule has 1 aromatic carbocycles. The topological polar surface area (TPSA) is 43.7 Å². The lowest BCUT2D eigenvalue weighted by molar-refractivity contribution is -0.0371. The second-order valence-corrected chi connectivity index (χ2v) is 3.88. The number of aliphatic hydroxyl groups is 1. The van der Waals surface area contributed by atoms with Gasteiger partial charge in [-0.25, -0.2) is 0 Å². The summed E-state index contributed by atoms with van der Waals surface area (Å²) >= 11 is 0. The SMILES string of the molecule is [2H]c1c([2H])c(C([2H])(C([2H])([2H])N(C([2H])([2H])[2H])C([2H])([2H])[2H])C2(O)C([2H])([2H])C([2H])([2H])C([2H])(C)C([2H])([2H])C2([2H])[2H])c([2H])c([2H])c1O. The van der Waals surface area contributed by atoms with Gasteiger partial charge in [0, 0.05) is 37.1 Å². The molecule has 0 aliphatic heterocycles. The zero-order chi connectivity index (χ0) is 34.0. The minimum Gasteiger partial charge on any atom is -0.508 e. The van der Waals surface area contributed by atoms with Crippen LogP contribution in [0.2, 0.25) is 0 Å². The van der Waals surface area contributed by atoms with Crippen molar-refractivity contribution in [1.82, 2.24) is 4.90 Å².